The Labute approximate surface area is 162 Å². The molecule has 0 atom stereocenters. The van der Waals surface area contributed by atoms with Crippen molar-refractivity contribution in [2.45, 2.75) is 26.3 Å². The van der Waals surface area contributed by atoms with Gasteiger partial charge in [-0.2, -0.15) is 0 Å². The molecule has 0 radical (unpaired) electrons. The van der Waals surface area contributed by atoms with E-state index in [1.165, 1.54) is 11.1 Å². The second-order valence-corrected chi connectivity index (χ2v) is 6.39. The zero-order valence-electron chi connectivity index (χ0n) is 16.6. The van der Waals surface area contributed by atoms with E-state index in [0.29, 0.717) is 19.8 Å². The van der Waals surface area contributed by atoms with Crippen LogP contribution in [0.5, 0.6) is 5.75 Å². The third kappa shape index (κ3) is 7.71. The highest BCUT2D eigenvalue weighted by atomic mass is 16.5. The maximum absolute atomic E-state index is 5.85. The van der Waals surface area contributed by atoms with E-state index >= 15 is 0 Å². The van der Waals surface area contributed by atoms with Crippen LogP contribution in [-0.4, -0.2) is 39.9 Å². The van der Waals surface area contributed by atoms with E-state index in [9.17, 15) is 0 Å². The normalized spacial score (nSPS) is 11.3. The van der Waals surface area contributed by atoms with Gasteiger partial charge in [0.1, 0.15) is 12.4 Å². The quantitative estimate of drug-likeness (QED) is 0.383. The van der Waals surface area contributed by atoms with Crippen molar-refractivity contribution in [3.8, 4) is 5.75 Å². The molecule has 2 aromatic rings. The van der Waals surface area contributed by atoms with Gasteiger partial charge in [-0.1, -0.05) is 42.5 Å². The van der Waals surface area contributed by atoms with Gasteiger partial charge in [0.2, 0.25) is 0 Å². The number of ether oxygens (including phenoxy) is 2. The highest BCUT2D eigenvalue weighted by Gasteiger charge is 2.06. The van der Waals surface area contributed by atoms with Gasteiger partial charge in [-0.15, -0.1) is 0 Å². The van der Waals surface area contributed by atoms with Crippen LogP contribution in [0, 0.1) is 6.92 Å². The van der Waals surface area contributed by atoms with Crippen LogP contribution < -0.4 is 15.4 Å². The van der Waals surface area contributed by atoms with Crippen molar-refractivity contribution >= 4 is 5.96 Å². The van der Waals surface area contributed by atoms with Gasteiger partial charge >= 0.3 is 0 Å². The van der Waals surface area contributed by atoms with Gasteiger partial charge < -0.3 is 20.1 Å². The van der Waals surface area contributed by atoms with Crippen molar-refractivity contribution < 1.29 is 9.47 Å². The summed E-state index contributed by atoms with van der Waals surface area (Å²) in [5.74, 6) is 1.69. The molecule has 0 saturated carbocycles. The summed E-state index contributed by atoms with van der Waals surface area (Å²) in [7, 11) is 3.47. The molecule has 27 heavy (non-hydrogen) atoms. The van der Waals surface area contributed by atoms with Crippen molar-refractivity contribution in [3.05, 3.63) is 65.2 Å². The fraction of sp³-hybridized carbons (Fsp3) is 0.409. The Morgan fingerprint density at radius 3 is 2.59 bits per heavy atom. The second-order valence-electron chi connectivity index (χ2n) is 6.39. The number of rotatable bonds is 10. The fourth-order valence-corrected chi connectivity index (χ4v) is 2.72. The van der Waals surface area contributed by atoms with E-state index in [1.54, 1.807) is 14.2 Å². The van der Waals surface area contributed by atoms with Crippen molar-refractivity contribution in [3.63, 3.8) is 0 Å². The van der Waals surface area contributed by atoms with Crippen molar-refractivity contribution in [2.75, 3.05) is 33.9 Å². The molecule has 0 aliphatic carbocycles. The molecule has 5 heteroatoms. The second kappa shape index (κ2) is 12.0. The Kier molecular flexibility index (Phi) is 9.21. The first-order valence-corrected chi connectivity index (χ1v) is 9.42. The highest BCUT2D eigenvalue weighted by Crippen LogP contribution is 2.20. The number of hydrogen-bond acceptors (Lipinski definition) is 3. The monoisotopic (exact) mass is 369 g/mol. The van der Waals surface area contributed by atoms with Crippen LogP contribution in [0.2, 0.25) is 0 Å². The molecule has 0 heterocycles. The SMILES string of the molecule is CN=C(NCCCc1ccccc1)NCc1ccc(C)cc1OCCOC. The van der Waals surface area contributed by atoms with E-state index in [1.807, 2.05) is 6.07 Å². The average Bonchev–Trinajstić information content (AvgIpc) is 2.69. The highest BCUT2D eigenvalue weighted by molar-refractivity contribution is 5.79. The largest absolute Gasteiger partial charge is 0.491 e. The molecule has 0 saturated heterocycles. The van der Waals surface area contributed by atoms with Crippen LogP contribution in [0.25, 0.3) is 0 Å². The first-order valence-electron chi connectivity index (χ1n) is 9.42. The summed E-state index contributed by atoms with van der Waals surface area (Å²) in [5, 5.41) is 6.73. The Bertz CT molecular complexity index is 702. The predicted octanol–water partition coefficient (Wildman–Crippen LogP) is 3.32. The van der Waals surface area contributed by atoms with Crippen LogP contribution in [0.4, 0.5) is 0 Å². The Hall–Kier alpha value is -2.53. The number of methoxy groups -OCH3 is 1. The minimum Gasteiger partial charge on any atom is -0.491 e. The number of aryl methyl sites for hydroxylation is 2. The summed E-state index contributed by atoms with van der Waals surface area (Å²) in [6.45, 7) is 4.71. The summed E-state index contributed by atoms with van der Waals surface area (Å²) >= 11 is 0. The Balaban J connectivity index is 1.79. The van der Waals surface area contributed by atoms with Gasteiger partial charge in [0.05, 0.1) is 6.61 Å². The van der Waals surface area contributed by atoms with Gasteiger partial charge in [-0.3, -0.25) is 4.99 Å². The molecule has 0 aliphatic heterocycles. The van der Waals surface area contributed by atoms with E-state index < -0.39 is 0 Å². The maximum Gasteiger partial charge on any atom is 0.191 e. The lowest BCUT2D eigenvalue weighted by Gasteiger charge is -2.15. The fourth-order valence-electron chi connectivity index (χ4n) is 2.72. The first kappa shape index (κ1) is 20.8. The first-order chi connectivity index (χ1) is 13.2. The molecule has 2 rings (SSSR count). The Morgan fingerprint density at radius 1 is 1.04 bits per heavy atom. The third-order valence-electron chi connectivity index (χ3n) is 4.22. The Morgan fingerprint density at radius 2 is 1.85 bits per heavy atom. The smallest absolute Gasteiger partial charge is 0.191 e. The van der Waals surface area contributed by atoms with Crippen molar-refractivity contribution in [2.24, 2.45) is 4.99 Å². The minimum atomic E-state index is 0.541. The van der Waals surface area contributed by atoms with Gasteiger partial charge in [0.15, 0.2) is 5.96 Å². The number of aliphatic imine (C=N–C) groups is 1. The van der Waals surface area contributed by atoms with Gasteiger partial charge in [0, 0.05) is 32.8 Å². The van der Waals surface area contributed by atoms with Gasteiger partial charge in [-0.25, -0.2) is 0 Å². The van der Waals surface area contributed by atoms with Gasteiger partial charge in [-0.05, 0) is 37.0 Å². The summed E-state index contributed by atoms with van der Waals surface area (Å²) in [6, 6.07) is 16.8. The predicted molar refractivity (Wildman–Crippen MR) is 112 cm³/mol. The molecule has 0 fully saturated rings. The summed E-state index contributed by atoms with van der Waals surface area (Å²) < 4.78 is 10.9. The van der Waals surface area contributed by atoms with E-state index in [2.05, 4.69) is 65.0 Å². The molecule has 0 aromatic heterocycles. The third-order valence-corrected chi connectivity index (χ3v) is 4.22. The topological polar surface area (TPSA) is 54.9 Å². The van der Waals surface area contributed by atoms with Crippen LogP contribution in [0.15, 0.2) is 53.5 Å². The molecular weight excluding hydrogens is 338 g/mol. The molecule has 0 aliphatic rings. The molecule has 146 valence electrons. The molecule has 5 nitrogen and oxygen atoms in total. The molecule has 0 amide bonds. The van der Waals surface area contributed by atoms with Gasteiger partial charge in [0.25, 0.3) is 0 Å². The van der Waals surface area contributed by atoms with E-state index in [-0.39, 0.29) is 0 Å². The maximum atomic E-state index is 5.85. The average molecular weight is 370 g/mol. The summed E-state index contributed by atoms with van der Waals surface area (Å²) in [4.78, 5) is 4.30. The minimum absolute atomic E-state index is 0.541. The molecular formula is C22H31N3O2. The van der Waals surface area contributed by atoms with Crippen LogP contribution in [0.3, 0.4) is 0 Å². The lowest BCUT2D eigenvalue weighted by molar-refractivity contribution is 0.145. The van der Waals surface area contributed by atoms with Crippen LogP contribution >= 0.6 is 0 Å². The standard InChI is InChI=1S/C22H31N3O2/c1-18-11-12-20(21(16-18)27-15-14-26-3)17-25-22(23-2)24-13-7-10-19-8-5-4-6-9-19/h4-6,8-9,11-12,16H,7,10,13-15,17H2,1-3H3,(H2,23,24,25). The summed E-state index contributed by atoms with van der Waals surface area (Å²) in [5.41, 5.74) is 3.64. The number of guanidine groups is 1. The van der Waals surface area contributed by atoms with Crippen molar-refractivity contribution in [1.29, 1.82) is 0 Å². The summed E-state index contributed by atoms with van der Waals surface area (Å²) in [6.07, 6.45) is 2.11. The number of nitrogens with one attached hydrogen (secondary N) is 2. The van der Waals surface area contributed by atoms with Crippen LogP contribution in [0.1, 0.15) is 23.1 Å². The lowest BCUT2D eigenvalue weighted by Crippen LogP contribution is -2.37. The zero-order chi connectivity index (χ0) is 19.3. The van der Waals surface area contributed by atoms with Crippen LogP contribution in [-0.2, 0) is 17.7 Å². The number of hydrogen-bond donors (Lipinski definition) is 2. The molecule has 0 bridgehead atoms. The molecule has 2 N–H and O–H groups in total. The molecule has 0 unspecified atom stereocenters. The number of benzene rings is 2. The zero-order valence-corrected chi connectivity index (χ0v) is 16.6. The molecule has 2 aromatic carbocycles. The van der Waals surface area contributed by atoms with Crippen molar-refractivity contribution in [1.82, 2.24) is 10.6 Å². The lowest BCUT2D eigenvalue weighted by atomic mass is 10.1. The van der Waals surface area contributed by atoms with E-state index in [4.69, 9.17) is 9.47 Å². The molecule has 0 spiro atoms. The number of nitrogens with zero attached hydrogens (tertiary/aromatic N) is 1. The van der Waals surface area contributed by atoms with E-state index in [0.717, 1.165) is 36.7 Å².